The first-order chi connectivity index (χ1) is 14.8. The molecule has 30 heavy (non-hydrogen) atoms. The zero-order valence-corrected chi connectivity index (χ0v) is 16.0. The van der Waals surface area contributed by atoms with E-state index in [0.717, 1.165) is 44.7 Å². The first-order valence-electron chi connectivity index (χ1n) is 9.64. The molecule has 0 amide bonds. The molecule has 0 spiro atoms. The normalized spacial score (nSPS) is 11.0. The van der Waals surface area contributed by atoms with Crippen LogP contribution in [0.2, 0.25) is 0 Å². The highest BCUT2D eigenvalue weighted by atomic mass is 19.1. The van der Waals surface area contributed by atoms with Crippen LogP contribution in [-0.2, 0) is 6.61 Å². The van der Waals surface area contributed by atoms with Crippen LogP contribution in [0.15, 0.2) is 91.1 Å². The summed E-state index contributed by atoms with van der Waals surface area (Å²) < 4.78 is 19.1. The predicted molar refractivity (Wildman–Crippen MR) is 115 cm³/mol. The Kier molecular flexibility index (Phi) is 4.69. The van der Waals surface area contributed by atoms with E-state index < -0.39 is 0 Å². The molecule has 0 atom stereocenters. The van der Waals surface area contributed by atoms with Crippen LogP contribution in [0.25, 0.3) is 33.3 Å². The number of pyridine rings is 1. The van der Waals surface area contributed by atoms with E-state index in [-0.39, 0.29) is 5.82 Å². The van der Waals surface area contributed by atoms with Crippen LogP contribution in [0.4, 0.5) is 4.39 Å². The Balaban J connectivity index is 1.32. The van der Waals surface area contributed by atoms with E-state index in [4.69, 9.17) is 4.74 Å². The van der Waals surface area contributed by atoms with Gasteiger partial charge < -0.3 is 4.74 Å². The molecule has 0 saturated heterocycles. The maximum absolute atomic E-state index is 13.2. The van der Waals surface area contributed by atoms with E-state index in [9.17, 15) is 4.39 Å². The molecular formula is C25H18FN3O. The van der Waals surface area contributed by atoms with Crippen molar-refractivity contribution in [2.24, 2.45) is 0 Å². The lowest BCUT2D eigenvalue weighted by Crippen LogP contribution is -1.98. The Labute approximate surface area is 173 Å². The average Bonchev–Trinajstić information content (AvgIpc) is 3.28. The largest absolute Gasteiger partial charge is 0.487 e. The molecule has 146 valence electrons. The number of nitrogens with one attached hydrogen (secondary N) is 1. The van der Waals surface area contributed by atoms with Gasteiger partial charge in [-0.1, -0.05) is 36.4 Å². The lowest BCUT2D eigenvalue weighted by atomic mass is 10.0. The van der Waals surface area contributed by atoms with Gasteiger partial charge in [-0.15, -0.1) is 0 Å². The molecule has 0 aliphatic rings. The molecule has 0 aliphatic carbocycles. The highest BCUT2D eigenvalue weighted by Crippen LogP contribution is 2.31. The molecule has 5 heteroatoms. The zero-order chi connectivity index (χ0) is 20.3. The summed E-state index contributed by atoms with van der Waals surface area (Å²) in [6, 6.07) is 26.2. The number of fused-ring (bicyclic) bond motifs is 1. The molecule has 5 rings (SSSR count). The Morgan fingerprint density at radius 1 is 0.800 bits per heavy atom. The molecule has 0 radical (unpaired) electrons. The number of rotatable bonds is 5. The van der Waals surface area contributed by atoms with Crippen LogP contribution < -0.4 is 4.74 Å². The lowest BCUT2D eigenvalue weighted by molar-refractivity contribution is 0.302. The van der Waals surface area contributed by atoms with Crippen molar-refractivity contribution < 1.29 is 9.13 Å². The van der Waals surface area contributed by atoms with Crippen molar-refractivity contribution in [3.05, 3.63) is 103 Å². The van der Waals surface area contributed by atoms with Crippen molar-refractivity contribution in [2.45, 2.75) is 6.61 Å². The molecule has 0 fully saturated rings. The molecule has 2 heterocycles. The summed E-state index contributed by atoms with van der Waals surface area (Å²) in [7, 11) is 0. The van der Waals surface area contributed by atoms with Gasteiger partial charge in [0.05, 0.1) is 16.9 Å². The first-order valence-corrected chi connectivity index (χ1v) is 9.64. The summed E-state index contributed by atoms with van der Waals surface area (Å²) in [5.41, 5.74) is 5.42. The fourth-order valence-electron chi connectivity index (χ4n) is 3.41. The summed E-state index contributed by atoms with van der Waals surface area (Å²) in [4.78, 5) is 4.63. The third-order valence-electron chi connectivity index (χ3n) is 4.97. The molecule has 1 N–H and O–H groups in total. The van der Waals surface area contributed by atoms with Crippen LogP contribution >= 0.6 is 0 Å². The minimum atomic E-state index is -0.258. The van der Waals surface area contributed by atoms with E-state index >= 15 is 0 Å². The SMILES string of the molecule is Fc1ccc(-c2c[nH]nc2-c2ccc(OCc3ccc4ccccc4n3)cc2)cc1. The summed E-state index contributed by atoms with van der Waals surface area (Å²) in [5.74, 6) is 0.499. The first kappa shape index (κ1) is 18.1. The number of para-hydroxylation sites is 1. The number of hydrogen-bond donors (Lipinski definition) is 1. The van der Waals surface area contributed by atoms with Crippen LogP contribution in [-0.4, -0.2) is 15.2 Å². The molecule has 0 saturated carbocycles. The molecule has 4 nitrogen and oxygen atoms in total. The van der Waals surface area contributed by atoms with Crippen molar-refractivity contribution in [1.29, 1.82) is 0 Å². The van der Waals surface area contributed by atoms with Gasteiger partial charge in [0.25, 0.3) is 0 Å². The van der Waals surface area contributed by atoms with Crippen molar-refractivity contribution in [2.75, 3.05) is 0 Å². The van der Waals surface area contributed by atoms with Crippen molar-refractivity contribution >= 4 is 10.9 Å². The number of halogens is 1. The topological polar surface area (TPSA) is 50.8 Å². The summed E-state index contributed by atoms with van der Waals surface area (Å²) in [6.07, 6.45) is 1.82. The second-order valence-corrected chi connectivity index (χ2v) is 6.96. The van der Waals surface area contributed by atoms with E-state index in [1.54, 1.807) is 12.1 Å². The van der Waals surface area contributed by atoms with Gasteiger partial charge >= 0.3 is 0 Å². The van der Waals surface area contributed by atoms with Gasteiger partial charge in [-0.3, -0.25) is 5.10 Å². The number of aromatic nitrogens is 3. The van der Waals surface area contributed by atoms with Gasteiger partial charge in [0.15, 0.2) is 0 Å². The number of H-pyrrole nitrogens is 1. The highest BCUT2D eigenvalue weighted by molar-refractivity contribution is 5.80. The van der Waals surface area contributed by atoms with Crippen molar-refractivity contribution in [1.82, 2.24) is 15.2 Å². The van der Waals surface area contributed by atoms with Crippen LogP contribution in [0.3, 0.4) is 0 Å². The molecule has 5 aromatic rings. The summed E-state index contributed by atoms with van der Waals surface area (Å²) in [6.45, 7) is 0.396. The third kappa shape index (κ3) is 3.65. The van der Waals surface area contributed by atoms with Crippen molar-refractivity contribution in [3.8, 4) is 28.1 Å². The van der Waals surface area contributed by atoms with Gasteiger partial charge in [0, 0.05) is 22.7 Å². The molecule has 0 bridgehead atoms. The van der Waals surface area contributed by atoms with Gasteiger partial charge in [0.2, 0.25) is 0 Å². The van der Waals surface area contributed by atoms with Gasteiger partial charge in [-0.05, 0) is 54.1 Å². The summed E-state index contributed by atoms with van der Waals surface area (Å²) >= 11 is 0. The molecule has 2 aromatic heterocycles. The van der Waals surface area contributed by atoms with Crippen LogP contribution in [0, 0.1) is 5.82 Å². The fraction of sp³-hybridized carbons (Fsp3) is 0.0400. The maximum atomic E-state index is 13.2. The Morgan fingerprint density at radius 3 is 2.40 bits per heavy atom. The second kappa shape index (κ2) is 7.79. The number of nitrogens with zero attached hydrogens (tertiary/aromatic N) is 2. The Morgan fingerprint density at radius 2 is 1.57 bits per heavy atom. The lowest BCUT2D eigenvalue weighted by Gasteiger charge is -2.08. The van der Waals surface area contributed by atoms with Gasteiger partial charge in [0.1, 0.15) is 18.2 Å². The summed E-state index contributed by atoms with van der Waals surface area (Å²) in [5, 5.41) is 8.38. The Bertz CT molecular complexity index is 1290. The standard InChI is InChI=1S/C25H18FN3O/c26-20-10-5-17(6-11-20)23-15-27-29-25(23)19-8-13-22(14-9-19)30-16-21-12-7-18-3-1-2-4-24(18)28-21/h1-15H,16H2,(H,27,29). The zero-order valence-electron chi connectivity index (χ0n) is 16.0. The smallest absolute Gasteiger partial charge is 0.130 e. The molecule has 0 aliphatic heterocycles. The number of benzene rings is 3. The number of aromatic amines is 1. The van der Waals surface area contributed by atoms with E-state index in [0.29, 0.717) is 6.61 Å². The van der Waals surface area contributed by atoms with Gasteiger partial charge in [-0.2, -0.15) is 5.10 Å². The quantitative estimate of drug-likeness (QED) is 0.396. The maximum Gasteiger partial charge on any atom is 0.130 e. The second-order valence-electron chi connectivity index (χ2n) is 6.96. The predicted octanol–water partition coefficient (Wildman–Crippen LogP) is 6.01. The number of ether oxygens (including phenoxy) is 1. The van der Waals surface area contributed by atoms with Gasteiger partial charge in [-0.25, -0.2) is 9.37 Å². The minimum Gasteiger partial charge on any atom is -0.487 e. The molecular weight excluding hydrogens is 377 g/mol. The van der Waals surface area contributed by atoms with E-state index in [2.05, 4.69) is 21.2 Å². The molecule has 3 aromatic carbocycles. The fourth-order valence-corrected chi connectivity index (χ4v) is 3.41. The van der Waals surface area contributed by atoms with E-state index in [1.165, 1.54) is 12.1 Å². The van der Waals surface area contributed by atoms with Crippen molar-refractivity contribution in [3.63, 3.8) is 0 Å². The highest BCUT2D eigenvalue weighted by Gasteiger charge is 2.11. The Hall–Kier alpha value is -3.99. The van der Waals surface area contributed by atoms with Crippen LogP contribution in [0.5, 0.6) is 5.75 Å². The number of hydrogen-bond acceptors (Lipinski definition) is 3. The minimum absolute atomic E-state index is 0.258. The third-order valence-corrected chi connectivity index (χ3v) is 4.97. The molecule has 0 unspecified atom stereocenters. The average molecular weight is 395 g/mol. The van der Waals surface area contributed by atoms with E-state index in [1.807, 2.05) is 60.8 Å². The van der Waals surface area contributed by atoms with Crippen LogP contribution in [0.1, 0.15) is 5.69 Å². The monoisotopic (exact) mass is 395 g/mol.